The first-order chi connectivity index (χ1) is 9.70. The van der Waals surface area contributed by atoms with Gasteiger partial charge < -0.3 is 15.4 Å². The van der Waals surface area contributed by atoms with Crippen LogP contribution in [0.4, 0.5) is 0 Å². The highest BCUT2D eigenvalue weighted by Crippen LogP contribution is 2.20. The summed E-state index contributed by atoms with van der Waals surface area (Å²) in [7, 11) is 0. The van der Waals surface area contributed by atoms with E-state index in [0.29, 0.717) is 19.6 Å². The maximum absolute atomic E-state index is 12.2. The van der Waals surface area contributed by atoms with Crippen molar-refractivity contribution >= 4 is 5.91 Å². The summed E-state index contributed by atoms with van der Waals surface area (Å²) in [5.74, 6) is 1.09. The Morgan fingerprint density at radius 3 is 3.00 bits per heavy atom. The second-order valence-electron chi connectivity index (χ2n) is 5.28. The Hall–Kier alpha value is -1.55. The molecule has 0 saturated carbocycles. The zero-order valence-electron chi connectivity index (χ0n) is 12.2. The highest BCUT2D eigenvalue weighted by Gasteiger charge is 2.21. The largest absolute Gasteiger partial charge is 0.494 e. The first kappa shape index (κ1) is 14.9. The van der Waals surface area contributed by atoms with E-state index in [-0.39, 0.29) is 11.9 Å². The summed E-state index contributed by atoms with van der Waals surface area (Å²) in [5, 5.41) is 0. The number of amides is 1. The van der Waals surface area contributed by atoms with Gasteiger partial charge in [-0.2, -0.15) is 0 Å². The third kappa shape index (κ3) is 3.97. The molecule has 20 heavy (non-hydrogen) atoms. The number of benzene rings is 1. The van der Waals surface area contributed by atoms with Crippen molar-refractivity contribution < 1.29 is 9.53 Å². The second-order valence-corrected chi connectivity index (χ2v) is 5.28. The monoisotopic (exact) mass is 276 g/mol. The Morgan fingerprint density at radius 2 is 2.25 bits per heavy atom. The predicted molar refractivity (Wildman–Crippen MR) is 79.7 cm³/mol. The summed E-state index contributed by atoms with van der Waals surface area (Å²) in [6.45, 7) is 4.16. The van der Waals surface area contributed by atoms with Crippen LogP contribution in [0.3, 0.4) is 0 Å². The SMILES string of the molecule is CCOc1ccccc1CCC(=O)N1CCC[C@H](N)C1. The molecule has 2 N–H and O–H groups in total. The molecular formula is C16H24N2O2. The van der Waals surface area contributed by atoms with Gasteiger partial charge in [0.25, 0.3) is 0 Å². The van der Waals surface area contributed by atoms with Crippen molar-refractivity contribution in [3.05, 3.63) is 29.8 Å². The third-order valence-electron chi connectivity index (χ3n) is 3.69. The van der Waals surface area contributed by atoms with Gasteiger partial charge in [-0.15, -0.1) is 0 Å². The van der Waals surface area contributed by atoms with Gasteiger partial charge in [-0.3, -0.25) is 4.79 Å². The number of para-hydroxylation sites is 1. The fraction of sp³-hybridized carbons (Fsp3) is 0.562. The van der Waals surface area contributed by atoms with Crippen molar-refractivity contribution in [1.29, 1.82) is 0 Å². The van der Waals surface area contributed by atoms with Crippen LogP contribution < -0.4 is 10.5 Å². The quantitative estimate of drug-likeness (QED) is 0.894. The maximum atomic E-state index is 12.2. The van der Waals surface area contributed by atoms with E-state index in [1.165, 1.54) is 0 Å². The lowest BCUT2D eigenvalue weighted by molar-refractivity contribution is -0.132. The molecule has 1 amide bonds. The number of hydrogen-bond donors (Lipinski definition) is 1. The molecule has 2 rings (SSSR count). The molecule has 1 heterocycles. The first-order valence-corrected chi connectivity index (χ1v) is 7.44. The molecule has 1 aromatic rings. The second kappa shape index (κ2) is 7.29. The molecule has 0 aromatic heterocycles. The van der Waals surface area contributed by atoms with Crippen LogP contribution in [-0.4, -0.2) is 36.5 Å². The van der Waals surface area contributed by atoms with E-state index in [1.807, 2.05) is 36.1 Å². The van der Waals surface area contributed by atoms with Crippen LogP contribution in [0.5, 0.6) is 5.75 Å². The summed E-state index contributed by atoms with van der Waals surface area (Å²) in [6.07, 6.45) is 3.29. The Balaban J connectivity index is 1.89. The predicted octanol–water partition coefficient (Wildman–Crippen LogP) is 1.97. The smallest absolute Gasteiger partial charge is 0.222 e. The van der Waals surface area contributed by atoms with Crippen molar-refractivity contribution in [2.24, 2.45) is 5.73 Å². The lowest BCUT2D eigenvalue weighted by atomic mass is 10.0. The van der Waals surface area contributed by atoms with E-state index in [4.69, 9.17) is 10.5 Å². The van der Waals surface area contributed by atoms with E-state index in [0.717, 1.165) is 37.1 Å². The van der Waals surface area contributed by atoms with E-state index >= 15 is 0 Å². The van der Waals surface area contributed by atoms with Crippen LogP contribution in [0.1, 0.15) is 31.7 Å². The Morgan fingerprint density at radius 1 is 1.45 bits per heavy atom. The molecule has 0 radical (unpaired) electrons. The van der Waals surface area contributed by atoms with Gasteiger partial charge in [0, 0.05) is 25.6 Å². The van der Waals surface area contributed by atoms with Gasteiger partial charge in [0.2, 0.25) is 5.91 Å². The van der Waals surface area contributed by atoms with E-state index in [9.17, 15) is 4.79 Å². The molecule has 110 valence electrons. The average molecular weight is 276 g/mol. The Bertz CT molecular complexity index is 448. The van der Waals surface area contributed by atoms with Crippen LogP contribution in [0, 0.1) is 0 Å². The van der Waals surface area contributed by atoms with Crippen molar-refractivity contribution in [3.63, 3.8) is 0 Å². The Labute approximate surface area is 120 Å². The number of nitrogens with two attached hydrogens (primary N) is 1. The number of piperidine rings is 1. The molecule has 4 heteroatoms. The van der Waals surface area contributed by atoms with Crippen molar-refractivity contribution in [1.82, 2.24) is 4.90 Å². The van der Waals surface area contributed by atoms with Crippen molar-refractivity contribution in [2.75, 3.05) is 19.7 Å². The van der Waals surface area contributed by atoms with E-state index in [1.54, 1.807) is 0 Å². The van der Waals surface area contributed by atoms with Crippen LogP contribution in [-0.2, 0) is 11.2 Å². The minimum atomic E-state index is 0.142. The van der Waals surface area contributed by atoms with E-state index in [2.05, 4.69) is 0 Å². The average Bonchev–Trinajstić information content (AvgIpc) is 2.46. The minimum Gasteiger partial charge on any atom is -0.494 e. The zero-order chi connectivity index (χ0) is 14.4. The maximum Gasteiger partial charge on any atom is 0.222 e. The number of carbonyl (C=O) groups excluding carboxylic acids is 1. The van der Waals surface area contributed by atoms with Gasteiger partial charge in [-0.05, 0) is 37.8 Å². The lowest BCUT2D eigenvalue weighted by Gasteiger charge is -2.30. The van der Waals surface area contributed by atoms with Gasteiger partial charge >= 0.3 is 0 Å². The molecule has 1 atom stereocenters. The lowest BCUT2D eigenvalue weighted by Crippen LogP contribution is -2.45. The molecule has 4 nitrogen and oxygen atoms in total. The molecule has 1 aromatic carbocycles. The molecule has 1 saturated heterocycles. The highest BCUT2D eigenvalue weighted by molar-refractivity contribution is 5.76. The number of carbonyl (C=O) groups is 1. The van der Waals surface area contributed by atoms with Crippen LogP contribution in [0.15, 0.2) is 24.3 Å². The molecule has 1 aliphatic rings. The number of hydrogen-bond acceptors (Lipinski definition) is 3. The number of likely N-dealkylation sites (tertiary alicyclic amines) is 1. The molecule has 0 spiro atoms. The van der Waals surface area contributed by atoms with Gasteiger partial charge in [0.1, 0.15) is 5.75 Å². The van der Waals surface area contributed by atoms with E-state index < -0.39 is 0 Å². The van der Waals surface area contributed by atoms with Gasteiger partial charge in [-0.25, -0.2) is 0 Å². The van der Waals surface area contributed by atoms with Crippen molar-refractivity contribution in [2.45, 2.75) is 38.6 Å². The van der Waals surface area contributed by atoms with Gasteiger partial charge in [0.05, 0.1) is 6.61 Å². The fourth-order valence-electron chi connectivity index (χ4n) is 2.64. The van der Waals surface area contributed by atoms with Crippen LogP contribution >= 0.6 is 0 Å². The summed E-state index contributed by atoms with van der Waals surface area (Å²) in [5.41, 5.74) is 7.02. The van der Waals surface area contributed by atoms with Crippen LogP contribution in [0.25, 0.3) is 0 Å². The highest BCUT2D eigenvalue weighted by atomic mass is 16.5. The summed E-state index contributed by atoms with van der Waals surface area (Å²) in [6, 6.07) is 8.07. The molecule has 0 unspecified atom stereocenters. The van der Waals surface area contributed by atoms with Gasteiger partial charge in [-0.1, -0.05) is 18.2 Å². The first-order valence-electron chi connectivity index (χ1n) is 7.44. The number of aryl methyl sites for hydroxylation is 1. The zero-order valence-corrected chi connectivity index (χ0v) is 12.2. The normalized spacial score (nSPS) is 18.9. The minimum absolute atomic E-state index is 0.142. The number of nitrogens with zero attached hydrogens (tertiary/aromatic N) is 1. The van der Waals surface area contributed by atoms with Gasteiger partial charge in [0.15, 0.2) is 0 Å². The molecule has 0 aliphatic carbocycles. The third-order valence-corrected chi connectivity index (χ3v) is 3.69. The van der Waals surface area contributed by atoms with Crippen molar-refractivity contribution in [3.8, 4) is 5.75 Å². The number of ether oxygens (including phenoxy) is 1. The standard InChI is InChI=1S/C16H24N2O2/c1-2-20-15-8-4-3-6-13(15)9-10-16(19)18-11-5-7-14(17)12-18/h3-4,6,8,14H,2,5,7,9-12,17H2,1H3/t14-/m0/s1. The summed E-state index contributed by atoms with van der Waals surface area (Å²) in [4.78, 5) is 14.1. The molecule has 1 aliphatic heterocycles. The van der Waals surface area contributed by atoms with Crippen LogP contribution in [0.2, 0.25) is 0 Å². The molecular weight excluding hydrogens is 252 g/mol. The fourth-order valence-corrected chi connectivity index (χ4v) is 2.64. The Kier molecular flexibility index (Phi) is 5.41. The summed E-state index contributed by atoms with van der Waals surface area (Å²) >= 11 is 0. The topological polar surface area (TPSA) is 55.6 Å². The molecule has 0 bridgehead atoms. The molecule has 1 fully saturated rings. The summed E-state index contributed by atoms with van der Waals surface area (Å²) < 4.78 is 5.59. The number of rotatable bonds is 5.